The summed E-state index contributed by atoms with van der Waals surface area (Å²) in [5.41, 5.74) is 1.57. The van der Waals surface area contributed by atoms with Gasteiger partial charge in [-0.25, -0.2) is 4.39 Å². The van der Waals surface area contributed by atoms with Crippen molar-refractivity contribution in [2.24, 2.45) is 5.92 Å². The van der Waals surface area contributed by atoms with E-state index in [-0.39, 0.29) is 11.3 Å². The molecule has 1 aliphatic carbocycles. The Morgan fingerprint density at radius 1 is 1.36 bits per heavy atom. The van der Waals surface area contributed by atoms with E-state index in [0.29, 0.717) is 5.92 Å². The zero-order valence-corrected chi connectivity index (χ0v) is 12.3. The number of para-hydroxylation sites is 1. The lowest BCUT2D eigenvalue weighted by atomic mass is 9.87. The molecule has 1 aliphatic rings. The van der Waals surface area contributed by atoms with Crippen LogP contribution in [0.3, 0.4) is 0 Å². The summed E-state index contributed by atoms with van der Waals surface area (Å²) < 4.78 is 13.6. The second kappa shape index (κ2) is 5.75. The van der Waals surface area contributed by atoms with E-state index in [4.69, 9.17) is 0 Å². The van der Waals surface area contributed by atoms with Crippen molar-refractivity contribution in [1.29, 1.82) is 0 Å². The van der Waals surface area contributed by atoms with Gasteiger partial charge in [-0.05, 0) is 48.9 Å². The number of nitrogens with one attached hydrogen (secondary N) is 2. The van der Waals surface area contributed by atoms with Crippen LogP contribution in [0.2, 0.25) is 0 Å². The maximum Gasteiger partial charge on any atom is 0.261 e. The quantitative estimate of drug-likeness (QED) is 0.896. The van der Waals surface area contributed by atoms with E-state index in [1.807, 2.05) is 0 Å². The molecule has 0 fully saturated rings. The fourth-order valence-electron chi connectivity index (χ4n) is 2.81. The first-order valence-corrected chi connectivity index (χ1v) is 7.35. The molecule has 3 rings (SSSR count). The molecule has 2 aromatic rings. The van der Waals surface area contributed by atoms with Crippen molar-refractivity contribution in [3.63, 3.8) is 0 Å². The average Bonchev–Trinajstić information content (AvgIpc) is 2.49. The number of halogens is 1. The molecule has 0 spiro atoms. The summed E-state index contributed by atoms with van der Waals surface area (Å²) in [6, 6.07) is 7.52. The molecule has 0 saturated carbocycles. The topological polar surface area (TPSA) is 62.0 Å². The Labute approximate surface area is 127 Å². The first kappa shape index (κ1) is 14.5. The Kier molecular flexibility index (Phi) is 3.79. The van der Waals surface area contributed by atoms with E-state index in [1.165, 1.54) is 18.2 Å². The molecule has 1 aromatic heterocycles. The van der Waals surface area contributed by atoms with Crippen molar-refractivity contribution >= 4 is 11.6 Å². The van der Waals surface area contributed by atoms with E-state index >= 15 is 0 Å². The van der Waals surface area contributed by atoms with Crippen LogP contribution >= 0.6 is 0 Å². The van der Waals surface area contributed by atoms with Gasteiger partial charge in [-0.2, -0.15) is 0 Å². The molecule has 1 unspecified atom stereocenters. The molecule has 1 heterocycles. The summed E-state index contributed by atoms with van der Waals surface area (Å²) in [5.74, 6) is -0.591. The third-order valence-electron chi connectivity index (χ3n) is 4.04. The first-order chi connectivity index (χ1) is 10.5. The molecule has 4 nitrogen and oxygen atoms in total. The smallest absolute Gasteiger partial charge is 0.261 e. The number of hydrogen-bond donors (Lipinski definition) is 2. The zero-order chi connectivity index (χ0) is 15.7. The van der Waals surface area contributed by atoms with Crippen molar-refractivity contribution in [3.8, 4) is 0 Å². The number of aromatic nitrogens is 1. The Morgan fingerprint density at radius 3 is 2.91 bits per heavy atom. The van der Waals surface area contributed by atoms with Crippen molar-refractivity contribution in [1.82, 2.24) is 4.98 Å². The lowest BCUT2D eigenvalue weighted by Crippen LogP contribution is -2.27. The SMILES string of the molecule is CC1CCc2[nH]c(=O)c(C(=O)Nc3ccccc3F)cc2C1. The summed E-state index contributed by atoms with van der Waals surface area (Å²) in [6.07, 6.45) is 2.69. The monoisotopic (exact) mass is 300 g/mol. The van der Waals surface area contributed by atoms with Gasteiger partial charge in [-0.3, -0.25) is 9.59 Å². The van der Waals surface area contributed by atoms with Crippen LogP contribution in [0.15, 0.2) is 35.1 Å². The number of aryl methyl sites for hydroxylation is 1. The number of rotatable bonds is 2. The highest BCUT2D eigenvalue weighted by atomic mass is 19.1. The number of carbonyl (C=O) groups excluding carboxylic acids is 1. The first-order valence-electron chi connectivity index (χ1n) is 7.35. The number of amides is 1. The van der Waals surface area contributed by atoms with Gasteiger partial charge in [0, 0.05) is 5.69 Å². The zero-order valence-electron chi connectivity index (χ0n) is 12.3. The number of fused-ring (bicyclic) bond motifs is 1. The lowest BCUT2D eigenvalue weighted by molar-refractivity contribution is 0.102. The summed E-state index contributed by atoms with van der Waals surface area (Å²) in [5, 5.41) is 2.45. The molecule has 0 aliphatic heterocycles. The van der Waals surface area contributed by atoms with Gasteiger partial charge < -0.3 is 10.3 Å². The molecule has 1 atom stereocenters. The second-order valence-electron chi connectivity index (χ2n) is 5.80. The molecule has 1 aromatic carbocycles. The molecule has 0 radical (unpaired) electrons. The molecule has 2 N–H and O–H groups in total. The van der Waals surface area contributed by atoms with Crippen LogP contribution in [0, 0.1) is 11.7 Å². The van der Waals surface area contributed by atoms with Crippen molar-refractivity contribution < 1.29 is 9.18 Å². The van der Waals surface area contributed by atoms with Crippen molar-refractivity contribution in [2.45, 2.75) is 26.2 Å². The summed E-state index contributed by atoms with van der Waals surface area (Å²) in [4.78, 5) is 27.1. The van der Waals surface area contributed by atoms with Crippen LogP contribution in [0.1, 0.15) is 35.0 Å². The molecule has 0 saturated heterocycles. The number of carbonyl (C=O) groups is 1. The maximum absolute atomic E-state index is 13.6. The Bertz CT molecular complexity index is 782. The van der Waals surface area contributed by atoms with E-state index < -0.39 is 17.3 Å². The number of anilines is 1. The van der Waals surface area contributed by atoms with E-state index in [0.717, 1.165) is 30.5 Å². The van der Waals surface area contributed by atoms with Crippen LogP contribution in [0.4, 0.5) is 10.1 Å². The van der Waals surface area contributed by atoms with E-state index in [1.54, 1.807) is 12.1 Å². The lowest BCUT2D eigenvalue weighted by Gasteiger charge is -2.21. The van der Waals surface area contributed by atoms with Gasteiger partial charge in [0.15, 0.2) is 0 Å². The van der Waals surface area contributed by atoms with Crippen molar-refractivity contribution in [2.75, 3.05) is 5.32 Å². The third kappa shape index (κ3) is 2.79. The number of benzene rings is 1. The van der Waals surface area contributed by atoms with Crippen molar-refractivity contribution in [3.05, 3.63) is 63.3 Å². The van der Waals surface area contributed by atoms with Crippen LogP contribution in [0.25, 0.3) is 0 Å². The summed E-state index contributed by atoms with van der Waals surface area (Å²) >= 11 is 0. The second-order valence-corrected chi connectivity index (χ2v) is 5.80. The highest BCUT2D eigenvalue weighted by Gasteiger charge is 2.20. The maximum atomic E-state index is 13.6. The van der Waals surface area contributed by atoms with Gasteiger partial charge in [-0.1, -0.05) is 19.1 Å². The van der Waals surface area contributed by atoms with Crippen LogP contribution < -0.4 is 10.9 Å². The molecule has 0 bridgehead atoms. The molecular formula is C17H17FN2O2. The highest BCUT2D eigenvalue weighted by molar-refractivity contribution is 6.04. The standard InChI is InChI=1S/C17H17FN2O2/c1-10-6-7-14-11(8-10)9-12(16(21)19-14)17(22)20-15-5-3-2-4-13(15)18/h2-5,9-10H,6-8H2,1H3,(H,19,21)(H,20,22). The fourth-order valence-corrected chi connectivity index (χ4v) is 2.81. The van der Waals surface area contributed by atoms with Gasteiger partial charge in [0.1, 0.15) is 11.4 Å². The fraction of sp³-hybridized carbons (Fsp3) is 0.294. The predicted molar refractivity (Wildman–Crippen MR) is 82.6 cm³/mol. The van der Waals surface area contributed by atoms with Gasteiger partial charge in [0.25, 0.3) is 11.5 Å². The molecule has 114 valence electrons. The predicted octanol–water partition coefficient (Wildman–Crippen LogP) is 2.89. The van der Waals surface area contributed by atoms with Gasteiger partial charge in [0.2, 0.25) is 0 Å². The molecule has 22 heavy (non-hydrogen) atoms. The van der Waals surface area contributed by atoms with Crippen LogP contribution in [-0.2, 0) is 12.8 Å². The summed E-state index contributed by atoms with van der Waals surface area (Å²) in [6.45, 7) is 2.15. The number of aromatic amines is 1. The third-order valence-corrected chi connectivity index (χ3v) is 4.04. The minimum absolute atomic E-state index is 0.0242. The number of pyridine rings is 1. The normalized spacial score (nSPS) is 16.9. The van der Waals surface area contributed by atoms with E-state index in [9.17, 15) is 14.0 Å². The average molecular weight is 300 g/mol. The van der Waals surface area contributed by atoms with Gasteiger partial charge in [-0.15, -0.1) is 0 Å². The minimum atomic E-state index is -0.590. The highest BCUT2D eigenvalue weighted by Crippen LogP contribution is 2.23. The summed E-state index contributed by atoms with van der Waals surface area (Å²) in [7, 11) is 0. The molecular weight excluding hydrogens is 283 g/mol. The minimum Gasteiger partial charge on any atom is -0.325 e. The Hall–Kier alpha value is -2.43. The largest absolute Gasteiger partial charge is 0.325 e. The van der Waals surface area contributed by atoms with Gasteiger partial charge in [0.05, 0.1) is 5.69 Å². The Morgan fingerprint density at radius 2 is 2.14 bits per heavy atom. The molecule has 5 heteroatoms. The van der Waals surface area contributed by atoms with Crippen LogP contribution in [-0.4, -0.2) is 10.9 Å². The van der Waals surface area contributed by atoms with Gasteiger partial charge >= 0.3 is 0 Å². The Balaban J connectivity index is 1.91. The number of H-pyrrole nitrogens is 1. The van der Waals surface area contributed by atoms with E-state index in [2.05, 4.69) is 17.2 Å². The molecule has 1 amide bonds. The number of hydrogen-bond acceptors (Lipinski definition) is 2. The van der Waals surface area contributed by atoms with Crippen LogP contribution in [0.5, 0.6) is 0 Å².